The fraction of sp³-hybridized carbons (Fsp3) is 0.700. The van der Waals surface area contributed by atoms with Crippen molar-refractivity contribution in [3.63, 3.8) is 0 Å². The molecule has 0 saturated carbocycles. The lowest BCUT2D eigenvalue weighted by Gasteiger charge is -2.26. The number of ether oxygens (including phenoxy) is 2. The second-order valence-corrected chi connectivity index (χ2v) is 3.28. The zero-order chi connectivity index (χ0) is 13.5. The van der Waals surface area contributed by atoms with Crippen LogP contribution in [0.5, 0.6) is 0 Å². The average Bonchev–Trinajstić information content (AvgIpc) is 2.16. The van der Waals surface area contributed by atoms with Gasteiger partial charge in [-0.05, 0) is 13.8 Å². The lowest BCUT2D eigenvalue weighted by atomic mass is 9.95. The molecular weight excluding hydrogens is 232 g/mol. The molecule has 0 heterocycles. The molecule has 0 amide bonds. The summed E-state index contributed by atoms with van der Waals surface area (Å²) in [6.45, 7) is 3.16. The molecule has 98 valence electrons. The topological polar surface area (TPSA) is 110 Å². The Bertz CT molecular complexity index is 299. The highest BCUT2D eigenvalue weighted by molar-refractivity contribution is 5.88. The summed E-state index contributed by atoms with van der Waals surface area (Å²) in [5, 5.41) is 17.7. The highest BCUT2D eigenvalue weighted by atomic mass is 16.5. The molecule has 0 aliphatic rings. The van der Waals surface area contributed by atoms with Crippen LogP contribution >= 0.6 is 0 Å². The van der Waals surface area contributed by atoms with E-state index in [2.05, 4.69) is 4.74 Å². The van der Waals surface area contributed by atoms with Crippen LogP contribution in [0, 0.1) is 0 Å². The molecular formula is C10H16O7. The molecule has 0 aromatic rings. The minimum absolute atomic E-state index is 0.0149. The van der Waals surface area contributed by atoms with Crippen LogP contribution < -0.4 is 0 Å². The van der Waals surface area contributed by atoms with Gasteiger partial charge in [0, 0.05) is 6.61 Å². The van der Waals surface area contributed by atoms with Gasteiger partial charge in [0.25, 0.3) is 0 Å². The molecule has 0 aliphatic carbocycles. The quantitative estimate of drug-likeness (QED) is 0.593. The molecule has 0 bridgehead atoms. The maximum atomic E-state index is 11.3. The van der Waals surface area contributed by atoms with Crippen LogP contribution in [0.4, 0.5) is 0 Å². The summed E-state index contributed by atoms with van der Waals surface area (Å²) in [5.74, 6) is -3.65. The summed E-state index contributed by atoms with van der Waals surface area (Å²) < 4.78 is 9.54. The Morgan fingerprint density at radius 2 is 1.65 bits per heavy atom. The molecule has 1 atom stereocenters. The Balaban J connectivity index is 4.95. The first-order valence-electron chi connectivity index (χ1n) is 5.12. The van der Waals surface area contributed by atoms with Gasteiger partial charge < -0.3 is 19.7 Å². The van der Waals surface area contributed by atoms with Crippen molar-refractivity contribution in [2.75, 3.05) is 13.2 Å². The minimum atomic E-state index is -2.06. The number of carboxylic acid groups (broad SMARTS) is 2. The first kappa shape index (κ1) is 15.4. The molecule has 17 heavy (non-hydrogen) atoms. The molecule has 7 heteroatoms. The zero-order valence-electron chi connectivity index (χ0n) is 9.76. The molecule has 0 aromatic carbocycles. The molecule has 0 fully saturated rings. The third-order valence-corrected chi connectivity index (χ3v) is 1.98. The van der Waals surface area contributed by atoms with Crippen molar-refractivity contribution in [2.45, 2.75) is 32.3 Å². The number of carbonyl (C=O) groups is 3. The molecule has 7 nitrogen and oxygen atoms in total. The van der Waals surface area contributed by atoms with E-state index < -0.39 is 36.4 Å². The third-order valence-electron chi connectivity index (χ3n) is 1.98. The molecule has 0 aromatic heterocycles. The predicted octanol–water partition coefficient (Wildman–Crippen LogP) is 0.274. The summed E-state index contributed by atoms with van der Waals surface area (Å²) in [6, 6.07) is 0. The van der Waals surface area contributed by atoms with Gasteiger partial charge in [-0.1, -0.05) is 0 Å². The van der Waals surface area contributed by atoms with E-state index in [1.165, 1.54) is 6.92 Å². The average molecular weight is 248 g/mol. The van der Waals surface area contributed by atoms with Crippen LogP contribution in [0.15, 0.2) is 0 Å². The first-order chi connectivity index (χ1) is 7.88. The summed E-state index contributed by atoms with van der Waals surface area (Å²) in [5.41, 5.74) is -2.06. The van der Waals surface area contributed by atoms with Crippen molar-refractivity contribution >= 4 is 17.9 Å². The van der Waals surface area contributed by atoms with E-state index >= 15 is 0 Å². The summed E-state index contributed by atoms with van der Waals surface area (Å²) >= 11 is 0. The second kappa shape index (κ2) is 6.85. The number of esters is 1. The first-order valence-corrected chi connectivity index (χ1v) is 5.12. The highest BCUT2D eigenvalue weighted by Gasteiger charge is 2.44. The van der Waals surface area contributed by atoms with Gasteiger partial charge in [-0.3, -0.25) is 9.59 Å². The number of hydrogen-bond donors (Lipinski definition) is 2. The van der Waals surface area contributed by atoms with E-state index in [1.54, 1.807) is 6.92 Å². The molecule has 0 saturated heterocycles. The number of aliphatic carboxylic acids is 2. The Hall–Kier alpha value is -1.63. The lowest BCUT2D eigenvalue weighted by Crippen LogP contribution is -2.45. The molecule has 0 radical (unpaired) electrons. The lowest BCUT2D eigenvalue weighted by molar-refractivity contribution is -0.179. The van der Waals surface area contributed by atoms with Crippen LogP contribution in [-0.4, -0.2) is 46.9 Å². The number of carbonyl (C=O) groups excluding carboxylic acids is 1. The number of hydrogen-bond acceptors (Lipinski definition) is 5. The highest BCUT2D eigenvalue weighted by Crippen LogP contribution is 2.22. The zero-order valence-corrected chi connectivity index (χ0v) is 9.76. The minimum Gasteiger partial charge on any atom is -0.481 e. The van der Waals surface area contributed by atoms with Crippen molar-refractivity contribution in [3.05, 3.63) is 0 Å². The number of carboxylic acids is 2. The van der Waals surface area contributed by atoms with Crippen molar-refractivity contribution in [3.8, 4) is 0 Å². The molecule has 0 aliphatic heterocycles. The van der Waals surface area contributed by atoms with Gasteiger partial charge >= 0.3 is 17.9 Å². The molecule has 2 N–H and O–H groups in total. The number of rotatable bonds is 8. The summed E-state index contributed by atoms with van der Waals surface area (Å²) in [4.78, 5) is 33.0. The van der Waals surface area contributed by atoms with Crippen LogP contribution in [-0.2, 0) is 23.9 Å². The largest absolute Gasteiger partial charge is 0.481 e. The van der Waals surface area contributed by atoms with Crippen molar-refractivity contribution in [2.24, 2.45) is 0 Å². The monoisotopic (exact) mass is 248 g/mol. The van der Waals surface area contributed by atoms with Crippen molar-refractivity contribution in [1.82, 2.24) is 0 Å². The van der Waals surface area contributed by atoms with Gasteiger partial charge in [-0.15, -0.1) is 0 Å². The van der Waals surface area contributed by atoms with Gasteiger partial charge in [0.05, 0.1) is 19.4 Å². The van der Waals surface area contributed by atoms with Crippen LogP contribution in [0.2, 0.25) is 0 Å². The van der Waals surface area contributed by atoms with E-state index in [1.807, 2.05) is 0 Å². The van der Waals surface area contributed by atoms with Gasteiger partial charge in [-0.25, -0.2) is 4.79 Å². The Morgan fingerprint density at radius 3 is 2.00 bits per heavy atom. The fourth-order valence-electron chi connectivity index (χ4n) is 1.34. The van der Waals surface area contributed by atoms with Crippen molar-refractivity contribution < 1.29 is 34.1 Å². The molecule has 0 rings (SSSR count). The van der Waals surface area contributed by atoms with Gasteiger partial charge in [0.2, 0.25) is 0 Å². The van der Waals surface area contributed by atoms with E-state index in [0.29, 0.717) is 0 Å². The molecule has 0 spiro atoms. The fourth-order valence-corrected chi connectivity index (χ4v) is 1.34. The maximum Gasteiger partial charge on any atom is 0.337 e. The second-order valence-electron chi connectivity index (χ2n) is 3.28. The normalized spacial score (nSPS) is 13.8. The van der Waals surface area contributed by atoms with E-state index in [9.17, 15) is 14.4 Å². The van der Waals surface area contributed by atoms with Gasteiger partial charge in [0.15, 0.2) is 5.60 Å². The van der Waals surface area contributed by atoms with E-state index in [0.717, 1.165) is 0 Å². The predicted molar refractivity (Wildman–Crippen MR) is 55.5 cm³/mol. The summed E-state index contributed by atoms with van der Waals surface area (Å²) in [7, 11) is 0. The smallest absolute Gasteiger partial charge is 0.337 e. The standard InChI is InChI=1S/C10H16O7/c1-3-16-8(13)6-10(9(14)15,17-4-2)5-7(11)12/h3-6H2,1-2H3,(H,11,12)(H,14,15). The van der Waals surface area contributed by atoms with Gasteiger partial charge in [0.1, 0.15) is 0 Å². The van der Waals surface area contributed by atoms with Crippen LogP contribution in [0.3, 0.4) is 0 Å². The third kappa shape index (κ3) is 4.81. The van der Waals surface area contributed by atoms with Crippen LogP contribution in [0.1, 0.15) is 26.7 Å². The summed E-state index contributed by atoms with van der Waals surface area (Å²) in [6.07, 6.45) is -1.43. The van der Waals surface area contributed by atoms with E-state index in [4.69, 9.17) is 14.9 Å². The van der Waals surface area contributed by atoms with Crippen molar-refractivity contribution in [1.29, 1.82) is 0 Å². The Labute approximate surface area is 98.3 Å². The maximum absolute atomic E-state index is 11.3. The molecule has 1 unspecified atom stereocenters. The SMILES string of the molecule is CCOC(=O)CC(CC(=O)O)(OCC)C(=O)O. The van der Waals surface area contributed by atoms with Crippen LogP contribution in [0.25, 0.3) is 0 Å². The Morgan fingerprint density at radius 1 is 1.06 bits per heavy atom. The Kier molecular flexibility index (Phi) is 6.19. The van der Waals surface area contributed by atoms with E-state index in [-0.39, 0.29) is 13.2 Å². The van der Waals surface area contributed by atoms with Gasteiger partial charge in [-0.2, -0.15) is 0 Å².